The zero-order chi connectivity index (χ0) is 13.8. The minimum atomic E-state index is 0.952. The maximum Gasteiger partial charge on any atom is 0.0892 e. The van der Waals surface area contributed by atoms with Gasteiger partial charge in [0.1, 0.15) is 0 Å². The molecule has 1 saturated heterocycles. The zero-order valence-electron chi connectivity index (χ0n) is 11.6. The largest absolute Gasteiger partial charge is 0.283 e. The molecular formula is C17H18N2S. The van der Waals surface area contributed by atoms with Gasteiger partial charge in [0, 0.05) is 13.1 Å². The molecule has 0 bridgehead atoms. The van der Waals surface area contributed by atoms with Crippen LogP contribution in [0.25, 0.3) is 0 Å². The summed E-state index contributed by atoms with van der Waals surface area (Å²) in [6.07, 6.45) is 0. The lowest BCUT2D eigenvalue weighted by atomic mass is 10.2. The molecule has 0 N–H and O–H groups in total. The van der Waals surface area contributed by atoms with Crippen LogP contribution in [0.15, 0.2) is 59.6 Å². The summed E-state index contributed by atoms with van der Waals surface area (Å²) in [6, 6.07) is 19.0. The van der Waals surface area contributed by atoms with E-state index in [-0.39, 0.29) is 0 Å². The summed E-state index contributed by atoms with van der Waals surface area (Å²) in [5.41, 5.74) is 3.70. The third-order valence-electron chi connectivity index (χ3n) is 3.31. The summed E-state index contributed by atoms with van der Waals surface area (Å²) in [5, 5.41) is 1.21. The van der Waals surface area contributed by atoms with Crippen LogP contribution < -0.4 is 0 Å². The smallest absolute Gasteiger partial charge is 0.0892 e. The minimum absolute atomic E-state index is 0.952. The van der Waals surface area contributed by atoms with Gasteiger partial charge in [-0.25, -0.2) is 4.99 Å². The van der Waals surface area contributed by atoms with Gasteiger partial charge >= 0.3 is 0 Å². The second kappa shape index (κ2) is 6.25. The van der Waals surface area contributed by atoms with Crippen molar-refractivity contribution in [3.8, 4) is 0 Å². The van der Waals surface area contributed by atoms with Crippen LogP contribution >= 0.6 is 11.8 Å². The number of rotatable bonds is 3. The molecule has 102 valence electrons. The fourth-order valence-electron chi connectivity index (χ4n) is 2.22. The molecule has 1 heterocycles. The van der Waals surface area contributed by atoms with Gasteiger partial charge in [-0.05, 0) is 24.6 Å². The molecule has 0 atom stereocenters. The molecule has 0 saturated carbocycles. The first-order valence-corrected chi connectivity index (χ1v) is 7.81. The van der Waals surface area contributed by atoms with E-state index >= 15 is 0 Å². The van der Waals surface area contributed by atoms with Gasteiger partial charge in [0.2, 0.25) is 0 Å². The summed E-state index contributed by atoms with van der Waals surface area (Å²) in [7, 11) is 0. The van der Waals surface area contributed by atoms with Crippen molar-refractivity contribution in [1.29, 1.82) is 0 Å². The first-order chi connectivity index (χ1) is 9.79. The molecule has 3 heteroatoms. The van der Waals surface area contributed by atoms with E-state index < -0.39 is 0 Å². The van der Waals surface area contributed by atoms with Crippen molar-refractivity contribution in [2.45, 2.75) is 13.5 Å². The van der Waals surface area contributed by atoms with Crippen molar-refractivity contribution >= 4 is 22.5 Å². The number of benzene rings is 2. The highest BCUT2D eigenvalue weighted by Crippen LogP contribution is 2.23. The number of thioether (sulfide) groups is 1. The summed E-state index contributed by atoms with van der Waals surface area (Å²) >= 11 is 1.84. The lowest BCUT2D eigenvalue weighted by Gasteiger charge is -2.12. The predicted octanol–water partition coefficient (Wildman–Crippen LogP) is 4.23. The Bertz CT molecular complexity index is 590. The van der Waals surface area contributed by atoms with Crippen LogP contribution in [0, 0.1) is 6.92 Å². The topological polar surface area (TPSA) is 15.6 Å². The highest BCUT2D eigenvalue weighted by Gasteiger charge is 2.18. The third-order valence-corrected chi connectivity index (χ3v) is 4.36. The van der Waals surface area contributed by atoms with E-state index in [9.17, 15) is 0 Å². The fourth-order valence-corrected chi connectivity index (χ4v) is 3.18. The summed E-state index contributed by atoms with van der Waals surface area (Å²) in [4.78, 5) is 7.15. The Morgan fingerprint density at radius 1 is 1.05 bits per heavy atom. The van der Waals surface area contributed by atoms with E-state index in [0.717, 1.165) is 24.7 Å². The SMILES string of the molecule is Cc1ccc(N=C2CN(Cc3ccccc3)CS2)cc1. The number of hydrogen-bond donors (Lipinski definition) is 0. The van der Waals surface area contributed by atoms with Gasteiger partial charge in [-0.1, -0.05) is 59.8 Å². The van der Waals surface area contributed by atoms with Crippen molar-refractivity contribution in [2.75, 3.05) is 12.4 Å². The Balaban J connectivity index is 1.63. The van der Waals surface area contributed by atoms with Gasteiger partial charge in [-0.3, -0.25) is 4.90 Å². The maximum absolute atomic E-state index is 4.73. The van der Waals surface area contributed by atoms with E-state index in [1.165, 1.54) is 16.2 Å². The lowest BCUT2D eigenvalue weighted by molar-refractivity contribution is 0.368. The van der Waals surface area contributed by atoms with E-state index in [1.807, 2.05) is 11.8 Å². The van der Waals surface area contributed by atoms with Crippen LogP contribution in [0.4, 0.5) is 5.69 Å². The average Bonchev–Trinajstić information content (AvgIpc) is 2.90. The Morgan fingerprint density at radius 2 is 1.80 bits per heavy atom. The second-order valence-electron chi connectivity index (χ2n) is 5.09. The molecule has 2 nitrogen and oxygen atoms in total. The van der Waals surface area contributed by atoms with Crippen LogP contribution in [0.3, 0.4) is 0 Å². The number of aryl methyl sites for hydroxylation is 1. The van der Waals surface area contributed by atoms with Gasteiger partial charge in [0.25, 0.3) is 0 Å². The molecule has 0 amide bonds. The van der Waals surface area contributed by atoms with Gasteiger partial charge in [0.15, 0.2) is 0 Å². The van der Waals surface area contributed by atoms with Crippen molar-refractivity contribution in [1.82, 2.24) is 4.90 Å². The van der Waals surface area contributed by atoms with Crippen LogP contribution in [0.5, 0.6) is 0 Å². The Labute approximate surface area is 124 Å². The molecule has 2 aromatic rings. The Hall–Kier alpha value is -1.58. The maximum atomic E-state index is 4.73. The van der Waals surface area contributed by atoms with Crippen molar-refractivity contribution in [2.24, 2.45) is 4.99 Å². The van der Waals surface area contributed by atoms with Gasteiger partial charge in [0.05, 0.1) is 16.6 Å². The first-order valence-electron chi connectivity index (χ1n) is 6.83. The van der Waals surface area contributed by atoms with Crippen molar-refractivity contribution in [3.05, 3.63) is 65.7 Å². The minimum Gasteiger partial charge on any atom is -0.283 e. The van der Waals surface area contributed by atoms with Crippen LogP contribution in [0.1, 0.15) is 11.1 Å². The molecule has 3 rings (SSSR count). The van der Waals surface area contributed by atoms with Gasteiger partial charge in [-0.2, -0.15) is 0 Å². The summed E-state index contributed by atoms with van der Waals surface area (Å²) in [6.45, 7) is 4.05. The normalized spacial score (nSPS) is 17.8. The molecule has 1 fully saturated rings. The van der Waals surface area contributed by atoms with E-state index in [4.69, 9.17) is 4.99 Å². The summed E-state index contributed by atoms with van der Waals surface area (Å²) in [5.74, 6) is 1.03. The molecule has 0 aliphatic carbocycles. The molecule has 1 aliphatic rings. The molecule has 2 aromatic carbocycles. The van der Waals surface area contributed by atoms with Crippen LogP contribution in [-0.4, -0.2) is 22.4 Å². The molecule has 0 aromatic heterocycles. The van der Waals surface area contributed by atoms with E-state index in [2.05, 4.69) is 66.4 Å². The fraction of sp³-hybridized carbons (Fsp3) is 0.235. The zero-order valence-corrected chi connectivity index (χ0v) is 12.4. The van der Waals surface area contributed by atoms with E-state index in [0.29, 0.717) is 0 Å². The first kappa shape index (κ1) is 13.4. The second-order valence-corrected chi connectivity index (χ2v) is 6.11. The highest BCUT2D eigenvalue weighted by molar-refractivity contribution is 8.14. The molecule has 0 unspecified atom stereocenters. The number of hydrogen-bond acceptors (Lipinski definition) is 3. The summed E-state index contributed by atoms with van der Waals surface area (Å²) < 4.78 is 0. The number of aliphatic imine (C=N–C) groups is 1. The molecule has 0 spiro atoms. The predicted molar refractivity (Wildman–Crippen MR) is 87.6 cm³/mol. The number of nitrogens with zero attached hydrogens (tertiary/aromatic N) is 2. The molecule has 0 radical (unpaired) electrons. The standard InChI is InChI=1S/C17H18N2S/c1-14-7-9-16(10-8-14)18-17-12-19(13-20-17)11-15-5-3-2-4-6-15/h2-10H,11-13H2,1H3. The van der Waals surface area contributed by atoms with Crippen molar-refractivity contribution in [3.63, 3.8) is 0 Å². The van der Waals surface area contributed by atoms with E-state index in [1.54, 1.807) is 0 Å². The Kier molecular flexibility index (Phi) is 4.19. The third kappa shape index (κ3) is 3.50. The lowest BCUT2D eigenvalue weighted by Crippen LogP contribution is -2.19. The highest BCUT2D eigenvalue weighted by atomic mass is 32.2. The average molecular weight is 282 g/mol. The van der Waals surface area contributed by atoms with Gasteiger partial charge in [-0.15, -0.1) is 0 Å². The molecule has 20 heavy (non-hydrogen) atoms. The van der Waals surface area contributed by atoms with Crippen LogP contribution in [0.2, 0.25) is 0 Å². The monoisotopic (exact) mass is 282 g/mol. The van der Waals surface area contributed by atoms with Crippen molar-refractivity contribution < 1.29 is 0 Å². The van der Waals surface area contributed by atoms with Gasteiger partial charge < -0.3 is 0 Å². The quantitative estimate of drug-likeness (QED) is 0.837. The Morgan fingerprint density at radius 3 is 2.55 bits per heavy atom. The molecular weight excluding hydrogens is 264 g/mol. The van der Waals surface area contributed by atoms with Crippen LogP contribution in [-0.2, 0) is 6.54 Å². The molecule has 1 aliphatic heterocycles.